The van der Waals surface area contributed by atoms with Crippen LogP contribution in [0.2, 0.25) is 0 Å². The van der Waals surface area contributed by atoms with Crippen LogP contribution in [0.3, 0.4) is 0 Å². The van der Waals surface area contributed by atoms with E-state index >= 15 is 0 Å². The van der Waals surface area contributed by atoms with Crippen molar-refractivity contribution in [2.45, 2.75) is 51.8 Å². The molecular formula is C33H37N5O3S. The van der Waals surface area contributed by atoms with Gasteiger partial charge in [0, 0.05) is 22.7 Å². The highest BCUT2D eigenvalue weighted by atomic mass is 32.2. The molecule has 3 heterocycles. The Labute approximate surface area is 251 Å². The minimum atomic E-state index is -0.352. The summed E-state index contributed by atoms with van der Waals surface area (Å²) in [6, 6.07) is 19.7. The summed E-state index contributed by atoms with van der Waals surface area (Å²) in [4.78, 5) is 33.2. The molecule has 9 heteroatoms. The third-order valence-corrected chi connectivity index (χ3v) is 8.53. The number of ether oxygens (including phenoxy) is 1. The Morgan fingerprint density at radius 3 is 2.55 bits per heavy atom. The van der Waals surface area contributed by atoms with Gasteiger partial charge in [0.1, 0.15) is 18.1 Å². The number of rotatable bonds is 7. The van der Waals surface area contributed by atoms with Gasteiger partial charge in [-0.1, -0.05) is 62.7 Å². The smallest absolute Gasteiger partial charge is 0.240 e. The second kappa shape index (κ2) is 12.0. The van der Waals surface area contributed by atoms with Crippen LogP contribution in [0.5, 0.6) is 5.75 Å². The molecule has 2 aromatic carbocycles. The monoisotopic (exact) mass is 583 g/mol. The highest BCUT2D eigenvalue weighted by molar-refractivity contribution is 8.00. The van der Waals surface area contributed by atoms with E-state index in [0.717, 1.165) is 45.1 Å². The van der Waals surface area contributed by atoms with Crippen molar-refractivity contribution in [3.05, 3.63) is 101 Å². The molecule has 1 aliphatic heterocycles. The lowest BCUT2D eigenvalue weighted by atomic mass is 9.87. The third-order valence-electron chi connectivity index (χ3n) is 7.30. The average molecular weight is 584 g/mol. The maximum absolute atomic E-state index is 13.9. The van der Waals surface area contributed by atoms with Crippen molar-refractivity contribution in [2.75, 3.05) is 24.3 Å². The number of benzene rings is 2. The Morgan fingerprint density at radius 2 is 1.86 bits per heavy atom. The van der Waals surface area contributed by atoms with E-state index in [1.54, 1.807) is 18.2 Å². The SMILES string of the molecule is COc1ccccc1[C@H]1SCC(=O)N(CC(=O)NCc2ccccn2)c2c1c(C(C)(C)C)nn2-c1ccc(C)cc1C. The molecular weight excluding hydrogens is 546 g/mol. The molecule has 218 valence electrons. The molecule has 0 fully saturated rings. The van der Waals surface area contributed by atoms with Gasteiger partial charge in [0.05, 0.1) is 41.7 Å². The summed E-state index contributed by atoms with van der Waals surface area (Å²) in [6.07, 6.45) is 1.69. The summed E-state index contributed by atoms with van der Waals surface area (Å²) in [5.41, 5.74) is 6.17. The number of hydrogen-bond donors (Lipinski definition) is 1. The average Bonchev–Trinajstić information content (AvgIpc) is 3.30. The minimum Gasteiger partial charge on any atom is -0.496 e. The first kappa shape index (κ1) is 29.4. The Balaban J connectivity index is 1.70. The van der Waals surface area contributed by atoms with Gasteiger partial charge in [-0.3, -0.25) is 19.5 Å². The zero-order chi connectivity index (χ0) is 30.0. The number of carbonyl (C=O) groups is 2. The van der Waals surface area contributed by atoms with E-state index in [4.69, 9.17) is 9.84 Å². The van der Waals surface area contributed by atoms with E-state index < -0.39 is 0 Å². The molecule has 4 aromatic rings. The van der Waals surface area contributed by atoms with Gasteiger partial charge in [0.2, 0.25) is 11.8 Å². The Bertz CT molecular complexity index is 1610. The number of para-hydroxylation sites is 1. The van der Waals surface area contributed by atoms with Crippen LogP contribution in [0.25, 0.3) is 5.69 Å². The number of pyridine rings is 1. The standard InChI is InChI=1S/C33H37N5O3S/c1-21-14-15-25(22(2)17-21)38-32-29(31(36-38)33(3,4)5)30(24-12-7-8-13-26(24)41-6)42-20-28(40)37(32)19-27(39)35-18-23-11-9-10-16-34-23/h7-17,30H,18-20H2,1-6H3,(H,35,39)/t30-/m1/s1. The first-order valence-corrected chi connectivity index (χ1v) is 15.1. The summed E-state index contributed by atoms with van der Waals surface area (Å²) in [5, 5.41) is 7.91. The second-order valence-corrected chi connectivity index (χ2v) is 12.6. The number of thioether (sulfide) groups is 1. The number of carbonyl (C=O) groups excluding carboxylic acids is 2. The van der Waals surface area contributed by atoms with Crippen LogP contribution in [0.15, 0.2) is 66.9 Å². The summed E-state index contributed by atoms with van der Waals surface area (Å²) < 4.78 is 7.65. The molecule has 0 unspecified atom stereocenters. The number of methoxy groups -OCH3 is 1. The zero-order valence-electron chi connectivity index (χ0n) is 25.0. The summed E-state index contributed by atoms with van der Waals surface area (Å²) in [7, 11) is 1.66. The van der Waals surface area contributed by atoms with Gasteiger partial charge in [-0.15, -0.1) is 11.8 Å². The molecule has 8 nitrogen and oxygen atoms in total. The molecule has 1 atom stereocenters. The molecule has 0 radical (unpaired) electrons. The van der Waals surface area contributed by atoms with E-state index in [0.29, 0.717) is 5.82 Å². The molecule has 42 heavy (non-hydrogen) atoms. The number of fused-ring (bicyclic) bond motifs is 1. The maximum atomic E-state index is 13.9. The fourth-order valence-electron chi connectivity index (χ4n) is 5.30. The fraction of sp³-hybridized carbons (Fsp3) is 0.333. The van der Waals surface area contributed by atoms with Gasteiger partial charge in [0.15, 0.2) is 0 Å². The lowest BCUT2D eigenvalue weighted by Crippen LogP contribution is -2.42. The van der Waals surface area contributed by atoms with E-state index in [2.05, 4.69) is 44.1 Å². The molecule has 5 rings (SSSR count). The predicted octanol–water partition coefficient (Wildman–Crippen LogP) is 5.68. The Kier molecular flexibility index (Phi) is 8.41. The summed E-state index contributed by atoms with van der Waals surface area (Å²) in [5.74, 6) is 1.13. The molecule has 1 N–H and O–H groups in total. The number of hydrogen-bond acceptors (Lipinski definition) is 6. The largest absolute Gasteiger partial charge is 0.496 e. The number of nitrogens with one attached hydrogen (secondary N) is 1. The number of anilines is 1. The lowest BCUT2D eigenvalue weighted by Gasteiger charge is -2.25. The van der Waals surface area contributed by atoms with Crippen molar-refractivity contribution in [3.8, 4) is 11.4 Å². The van der Waals surface area contributed by atoms with Crippen molar-refractivity contribution in [2.24, 2.45) is 0 Å². The fourth-order valence-corrected chi connectivity index (χ4v) is 6.53. The molecule has 2 aromatic heterocycles. The van der Waals surface area contributed by atoms with Gasteiger partial charge in [-0.05, 0) is 43.7 Å². The van der Waals surface area contributed by atoms with Gasteiger partial charge in [-0.25, -0.2) is 4.68 Å². The lowest BCUT2D eigenvalue weighted by molar-refractivity contribution is -0.123. The maximum Gasteiger partial charge on any atom is 0.240 e. The molecule has 0 bridgehead atoms. The van der Waals surface area contributed by atoms with Crippen molar-refractivity contribution in [1.82, 2.24) is 20.1 Å². The molecule has 1 aliphatic rings. The van der Waals surface area contributed by atoms with Gasteiger partial charge in [0.25, 0.3) is 0 Å². The van der Waals surface area contributed by atoms with Crippen molar-refractivity contribution >= 4 is 29.4 Å². The van der Waals surface area contributed by atoms with Crippen LogP contribution in [0.4, 0.5) is 5.82 Å². The first-order valence-electron chi connectivity index (χ1n) is 14.0. The van der Waals surface area contributed by atoms with Crippen LogP contribution in [0, 0.1) is 13.8 Å². The van der Waals surface area contributed by atoms with Crippen molar-refractivity contribution in [1.29, 1.82) is 0 Å². The normalized spacial score (nSPS) is 15.2. The van der Waals surface area contributed by atoms with Crippen molar-refractivity contribution < 1.29 is 14.3 Å². The van der Waals surface area contributed by atoms with Crippen LogP contribution >= 0.6 is 11.8 Å². The molecule has 0 saturated heterocycles. The van der Waals surface area contributed by atoms with Gasteiger partial charge < -0.3 is 10.1 Å². The van der Waals surface area contributed by atoms with E-state index in [1.165, 1.54) is 11.8 Å². The molecule has 0 saturated carbocycles. The van der Waals surface area contributed by atoms with Gasteiger partial charge in [-0.2, -0.15) is 5.10 Å². The molecule has 0 spiro atoms. The number of aromatic nitrogens is 3. The summed E-state index contributed by atoms with van der Waals surface area (Å²) in [6.45, 7) is 10.6. The van der Waals surface area contributed by atoms with Crippen LogP contribution < -0.4 is 15.0 Å². The van der Waals surface area contributed by atoms with E-state index in [9.17, 15) is 9.59 Å². The second-order valence-electron chi connectivity index (χ2n) is 11.5. The Hall–Kier alpha value is -4.11. The van der Waals surface area contributed by atoms with Crippen LogP contribution in [0.1, 0.15) is 59.7 Å². The predicted molar refractivity (Wildman–Crippen MR) is 167 cm³/mol. The molecule has 2 amide bonds. The zero-order valence-corrected chi connectivity index (χ0v) is 25.8. The highest BCUT2D eigenvalue weighted by Crippen LogP contribution is 2.50. The number of aryl methyl sites for hydroxylation is 2. The quantitative estimate of drug-likeness (QED) is 0.301. The van der Waals surface area contributed by atoms with Crippen LogP contribution in [-0.4, -0.2) is 46.0 Å². The number of amides is 2. The first-order chi connectivity index (χ1) is 20.1. The highest BCUT2D eigenvalue weighted by Gasteiger charge is 2.40. The molecule has 0 aliphatic carbocycles. The Morgan fingerprint density at radius 1 is 1.10 bits per heavy atom. The van der Waals surface area contributed by atoms with E-state index in [1.807, 2.05) is 66.2 Å². The summed E-state index contributed by atoms with van der Waals surface area (Å²) >= 11 is 1.54. The van der Waals surface area contributed by atoms with Gasteiger partial charge >= 0.3 is 0 Å². The van der Waals surface area contributed by atoms with Crippen molar-refractivity contribution in [3.63, 3.8) is 0 Å². The topological polar surface area (TPSA) is 89.3 Å². The van der Waals surface area contributed by atoms with E-state index in [-0.39, 0.29) is 41.3 Å². The third kappa shape index (κ3) is 5.92. The van der Waals surface area contributed by atoms with Crippen LogP contribution in [-0.2, 0) is 21.5 Å². The number of nitrogens with zero attached hydrogens (tertiary/aromatic N) is 4. The minimum absolute atomic E-state index is 0.141.